The zero-order valence-electron chi connectivity index (χ0n) is 24.0. The van der Waals surface area contributed by atoms with Gasteiger partial charge in [-0.15, -0.1) is 0 Å². The Morgan fingerprint density at radius 3 is 2.12 bits per heavy atom. The van der Waals surface area contributed by atoms with Gasteiger partial charge in [0.1, 0.15) is 0 Å². The van der Waals surface area contributed by atoms with Gasteiger partial charge < -0.3 is 9.13 Å². The van der Waals surface area contributed by atoms with Crippen LogP contribution in [0.15, 0.2) is 146 Å². The molecule has 204 valence electrons. The van der Waals surface area contributed by atoms with Crippen molar-refractivity contribution >= 4 is 55.5 Å². The summed E-state index contributed by atoms with van der Waals surface area (Å²) in [6, 6.07) is 46.1. The summed E-state index contributed by atoms with van der Waals surface area (Å²) in [7, 11) is 0. The Kier molecular flexibility index (Phi) is 5.87. The van der Waals surface area contributed by atoms with Gasteiger partial charge in [0, 0.05) is 33.9 Å². The molecule has 0 spiro atoms. The highest BCUT2D eigenvalue weighted by molar-refractivity contribution is 6.11. The fraction of sp³-hybridized carbons (Fsp3) is 0.0244. The van der Waals surface area contributed by atoms with Crippen LogP contribution in [0.3, 0.4) is 0 Å². The highest BCUT2D eigenvalue weighted by atomic mass is 15.0. The standard InChI is InChI=1S/C41H30N2/c1-3-10-40-34(4-2)37-23-24-39-38(25-26-42(39)32-12-6-5-7-13-32)41(37)43(40)33-20-17-28(18-21-33)30-19-22-36-31(27-30)16-15-29-11-8-9-14-35(29)36/h3-27H,2H2,1H3/b10-3-. The molecule has 0 bridgehead atoms. The van der Waals surface area contributed by atoms with Crippen molar-refractivity contribution in [2.75, 3.05) is 0 Å². The van der Waals surface area contributed by atoms with E-state index in [-0.39, 0.29) is 0 Å². The third-order valence-electron chi connectivity index (χ3n) is 8.64. The molecule has 0 aliphatic rings. The van der Waals surface area contributed by atoms with Crippen molar-refractivity contribution in [2.24, 2.45) is 0 Å². The number of benzene rings is 6. The fourth-order valence-electron chi connectivity index (χ4n) is 6.65. The van der Waals surface area contributed by atoms with Gasteiger partial charge in [-0.2, -0.15) is 0 Å². The first kappa shape index (κ1) is 25.1. The van der Waals surface area contributed by atoms with Crippen LogP contribution in [0.1, 0.15) is 18.2 Å². The summed E-state index contributed by atoms with van der Waals surface area (Å²) in [5, 5.41) is 7.53. The lowest BCUT2D eigenvalue weighted by Crippen LogP contribution is -1.98. The summed E-state index contributed by atoms with van der Waals surface area (Å²) in [5.41, 5.74) is 9.36. The van der Waals surface area contributed by atoms with Crippen molar-refractivity contribution in [3.63, 3.8) is 0 Å². The molecule has 43 heavy (non-hydrogen) atoms. The van der Waals surface area contributed by atoms with E-state index in [2.05, 4.69) is 168 Å². The topological polar surface area (TPSA) is 9.86 Å². The molecule has 6 aromatic carbocycles. The zero-order valence-corrected chi connectivity index (χ0v) is 24.0. The zero-order chi connectivity index (χ0) is 28.9. The van der Waals surface area contributed by atoms with Crippen molar-refractivity contribution in [3.05, 3.63) is 158 Å². The van der Waals surface area contributed by atoms with Crippen molar-refractivity contribution in [1.82, 2.24) is 9.13 Å². The first-order chi connectivity index (χ1) is 21.2. The second-order valence-corrected chi connectivity index (χ2v) is 11.0. The van der Waals surface area contributed by atoms with E-state index in [0.717, 1.165) is 22.6 Å². The number of hydrogen-bond donors (Lipinski definition) is 0. The molecule has 2 heteroatoms. The Morgan fingerprint density at radius 1 is 0.581 bits per heavy atom. The Hall–Kier alpha value is -5.60. The van der Waals surface area contributed by atoms with Crippen molar-refractivity contribution < 1.29 is 0 Å². The highest BCUT2D eigenvalue weighted by Gasteiger charge is 2.19. The molecule has 8 rings (SSSR count). The first-order valence-corrected chi connectivity index (χ1v) is 14.8. The molecule has 2 nitrogen and oxygen atoms in total. The van der Waals surface area contributed by atoms with E-state index in [1.54, 1.807) is 0 Å². The number of aromatic nitrogens is 2. The summed E-state index contributed by atoms with van der Waals surface area (Å²) in [4.78, 5) is 0. The third-order valence-corrected chi connectivity index (χ3v) is 8.64. The van der Waals surface area contributed by atoms with Crippen LogP contribution in [-0.2, 0) is 0 Å². The normalized spacial score (nSPS) is 11.8. The van der Waals surface area contributed by atoms with Gasteiger partial charge in [-0.3, -0.25) is 0 Å². The van der Waals surface area contributed by atoms with Crippen LogP contribution >= 0.6 is 0 Å². The molecule has 0 amide bonds. The molecule has 0 saturated carbocycles. The van der Waals surface area contributed by atoms with E-state index in [1.165, 1.54) is 54.5 Å². The van der Waals surface area contributed by atoms with Gasteiger partial charge in [-0.1, -0.05) is 104 Å². The highest BCUT2D eigenvalue weighted by Crippen LogP contribution is 2.38. The average Bonchev–Trinajstić information content (AvgIpc) is 3.64. The lowest BCUT2D eigenvalue weighted by Gasteiger charge is -2.12. The molecule has 0 saturated heterocycles. The molecule has 0 N–H and O–H groups in total. The number of rotatable bonds is 5. The maximum Gasteiger partial charge on any atom is 0.0635 e. The number of allylic oxidation sites excluding steroid dienone is 1. The van der Waals surface area contributed by atoms with E-state index in [4.69, 9.17) is 0 Å². The van der Waals surface area contributed by atoms with Crippen molar-refractivity contribution in [2.45, 2.75) is 6.92 Å². The lowest BCUT2D eigenvalue weighted by atomic mass is 9.97. The summed E-state index contributed by atoms with van der Waals surface area (Å²) in [6.07, 6.45) is 8.46. The minimum atomic E-state index is 1.13. The quantitative estimate of drug-likeness (QED) is 0.189. The lowest BCUT2D eigenvalue weighted by molar-refractivity contribution is 1.11. The van der Waals surface area contributed by atoms with E-state index in [9.17, 15) is 0 Å². The minimum Gasteiger partial charge on any atom is -0.316 e. The van der Waals surface area contributed by atoms with Crippen LogP contribution in [0.5, 0.6) is 0 Å². The van der Waals surface area contributed by atoms with Gasteiger partial charge in [0.25, 0.3) is 0 Å². The summed E-state index contributed by atoms with van der Waals surface area (Å²) >= 11 is 0. The van der Waals surface area contributed by atoms with Gasteiger partial charge in [-0.05, 0) is 88.1 Å². The number of fused-ring (bicyclic) bond motifs is 6. The van der Waals surface area contributed by atoms with Gasteiger partial charge >= 0.3 is 0 Å². The van der Waals surface area contributed by atoms with Crippen LogP contribution in [0.2, 0.25) is 0 Å². The van der Waals surface area contributed by atoms with Gasteiger partial charge in [0.2, 0.25) is 0 Å². The Labute approximate surface area is 251 Å². The largest absolute Gasteiger partial charge is 0.316 e. The van der Waals surface area contributed by atoms with Crippen molar-refractivity contribution in [1.29, 1.82) is 0 Å². The van der Waals surface area contributed by atoms with Crippen LogP contribution in [0.25, 0.3) is 78.0 Å². The molecule has 8 aromatic rings. The Morgan fingerprint density at radius 2 is 1.30 bits per heavy atom. The Bertz CT molecular complexity index is 2350. The number of para-hydroxylation sites is 1. The van der Waals surface area contributed by atoms with Gasteiger partial charge in [-0.25, -0.2) is 0 Å². The molecular weight excluding hydrogens is 520 g/mol. The van der Waals surface area contributed by atoms with Gasteiger partial charge in [0.15, 0.2) is 0 Å². The molecule has 0 fully saturated rings. The predicted molar refractivity (Wildman–Crippen MR) is 185 cm³/mol. The predicted octanol–water partition coefficient (Wildman–Crippen LogP) is 11.2. The van der Waals surface area contributed by atoms with Crippen molar-refractivity contribution in [3.8, 4) is 22.5 Å². The van der Waals surface area contributed by atoms with Crippen LogP contribution < -0.4 is 0 Å². The Balaban J connectivity index is 1.29. The molecule has 0 atom stereocenters. The second-order valence-electron chi connectivity index (χ2n) is 11.0. The molecule has 0 aliphatic carbocycles. The smallest absolute Gasteiger partial charge is 0.0635 e. The van der Waals surface area contributed by atoms with E-state index in [0.29, 0.717) is 0 Å². The maximum atomic E-state index is 4.21. The molecule has 0 aliphatic heterocycles. The van der Waals surface area contributed by atoms with E-state index in [1.807, 2.05) is 6.08 Å². The molecule has 0 unspecified atom stereocenters. The second kappa shape index (κ2) is 10.0. The SMILES string of the molecule is C=Cc1c(/C=C\C)n(-c2ccc(-c3ccc4c(ccc5ccccc54)c3)cc2)c2c1ccc1c2ccn1-c1ccccc1. The number of nitrogens with zero attached hydrogens (tertiary/aromatic N) is 2. The maximum absolute atomic E-state index is 4.21. The summed E-state index contributed by atoms with van der Waals surface area (Å²) < 4.78 is 4.65. The van der Waals surface area contributed by atoms with Gasteiger partial charge in [0.05, 0.1) is 16.7 Å². The minimum absolute atomic E-state index is 1.13. The molecule has 0 radical (unpaired) electrons. The van der Waals surface area contributed by atoms with E-state index < -0.39 is 0 Å². The summed E-state index contributed by atoms with van der Waals surface area (Å²) in [6.45, 7) is 6.28. The third kappa shape index (κ3) is 3.95. The van der Waals surface area contributed by atoms with Crippen LogP contribution in [0, 0.1) is 0 Å². The van der Waals surface area contributed by atoms with Crippen LogP contribution in [-0.4, -0.2) is 9.13 Å². The first-order valence-electron chi connectivity index (χ1n) is 14.8. The van der Waals surface area contributed by atoms with Crippen LogP contribution in [0.4, 0.5) is 0 Å². The fourth-order valence-corrected chi connectivity index (χ4v) is 6.65. The number of hydrogen-bond acceptors (Lipinski definition) is 0. The molecule has 2 aromatic heterocycles. The average molecular weight is 551 g/mol. The van der Waals surface area contributed by atoms with E-state index >= 15 is 0 Å². The monoisotopic (exact) mass is 550 g/mol. The molecular formula is C41H30N2. The summed E-state index contributed by atoms with van der Waals surface area (Å²) in [5.74, 6) is 0. The molecule has 2 heterocycles.